The smallest absolute Gasteiger partial charge is 0.247 e. The molecule has 1 fully saturated rings. The summed E-state index contributed by atoms with van der Waals surface area (Å²) >= 11 is 0. The molecule has 4 N–H and O–H groups in total. The van der Waals surface area contributed by atoms with Crippen molar-refractivity contribution in [2.45, 2.75) is 25.5 Å². The van der Waals surface area contributed by atoms with Crippen LogP contribution in [0.1, 0.15) is 24.9 Å². The minimum absolute atomic E-state index is 0.00208. The predicted octanol–water partition coefficient (Wildman–Crippen LogP) is -0.0496. The summed E-state index contributed by atoms with van der Waals surface area (Å²) in [4.78, 5) is 24.1. The lowest BCUT2D eigenvalue weighted by Gasteiger charge is -2.20. The maximum absolute atomic E-state index is 12.4. The molecule has 120 valence electrons. The number of β-amino-alcohol motifs (C(OH)–C–C–N with tert-alkyl or cyclic N) is 1. The first-order valence-corrected chi connectivity index (χ1v) is 7.62. The van der Waals surface area contributed by atoms with Gasteiger partial charge in [0.1, 0.15) is 6.04 Å². The van der Waals surface area contributed by atoms with Gasteiger partial charge in [-0.05, 0) is 5.56 Å². The molecule has 0 spiro atoms. The number of aliphatic hydroxyl groups excluding tert-OH is 1. The molecule has 1 aliphatic rings. The van der Waals surface area contributed by atoms with E-state index in [0.717, 1.165) is 5.56 Å². The summed E-state index contributed by atoms with van der Waals surface area (Å²) in [6.07, 6.45) is -0.122. The highest BCUT2D eigenvalue weighted by atomic mass is 16.3. The summed E-state index contributed by atoms with van der Waals surface area (Å²) in [5.41, 5.74) is 0.742. The van der Waals surface area contributed by atoms with Gasteiger partial charge in [-0.25, -0.2) is 0 Å². The lowest BCUT2D eigenvalue weighted by atomic mass is 10.0. The Morgan fingerprint density at radius 2 is 2.05 bits per heavy atom. The summed E-state index contributed by atoms with van der Waals surface area (Å²) in [5.74, 6) is -0.430. The van der Waals surface area contributed by atoms with Gasteiger partial charge in [-0.1, -0.05) is 37.3 Å². The average Bonchev–Trinajstić information content (AvgIpc) is 2.96. The van der Waals surface area contributed by atoms with E-state index in [1.807, 2.05) is 30.3 Å². The van der Waals surface area contributed by atoms with E-state index in [0.29, 0.717) is 26.1 Å². The molecule has 1 heterocycles. The SMILES string of the molecule is CCC(=O)NC(C(=O)NCC1CNCC1O)c1ccccc1. The van der Waals surface area contributed by atoms with Gasteiger partial charge in [0.15, 0.2) is 0 Å². The molecule has 3 unspecified atom stereocenters. The van der Waals surface area contributed by atoms with Crippen LogP contribution >= 0.6 is 0 Å². The van der Waals surface area contributed by atoms with Crippen LogP contribution in [-0.2, 0) is 9.59 Å². The zero-order valence-electron chi connectivity index (χ0n) is 12.7. The summed E-state index contributed by atoms with van der Waals surface area (Å²) in [6, 6.07) is 8.44. The van der Waals surface area contributed by atoms with Crippen LogP contribution in [0.4, 0.5) is 0 Å². The third-order valence-corrected chi connectivity index (χ3v) is 3.86. The van der Waals surface area contributed by atoms with Crippen LogP contribution < -0.4 is 16.0 Å². The molecular weight excluding hydrogens is 282 g/mol. The van der Waals surface area contributed by atoms with E-state index in [1.54, 1.807) is 6.92 Å². The van der Waals surface area contributed by atoms with Crippen LogP contribution in [-0.4, -0.2) is 42.7 Å². The molecule has 2 amide bonds. The Morgan fingerprint density at radius 3 is 2.64 bits per heavy atom. The number of amides is 2. The Morgan fingerprint density at radius 1 is 1.32 bits per heavy atom. The molecule has 6 nitrogen and oxygen atoms in total. The van der Waals surface area contributed by atoms with Gasteiger partial charge >= 0.3 is 0 Å². The quantitative estimate of drug-likeness (QED) is 0.593. The van der Waals surface area contributed by atoms with Gasteiger partial charge in [0.25, 0.3) is 0 Å². The Labute approximate surface area is 130 Å². The van der Waals surface area contributed by atoms with Crippen molar-refractivity contribution in [3.8, 4) is 0 Å². The Hall–Kier alpha value is -1.92. The van der Waals surface area contributed by atoms with Crippen LogP contribution in [0, 0.1) is 5.92 Å². The van der Waals surface area contributed by atoms with Crippen molar-refractivity contribution in [3.05, 3.63) is 35.9 Å². The maximum atomic E-state index is 12.4. The second-order valence-electron chi connectivity index (χ2n) is 5.50. The van der Waals surface area contributed by atoms with Crippen LogP contribution in [0.2, 0.25) is 0 Å². The largest absolute Gasteiger partial charge is 0.391 e. The van der Waals surface area contributed by atoms with E-state index in [4.69, 9.17) is 0 Å². The predicted molar refractivity (Wildman–Crippen MR) is 83.0 cm³/mol. The molecule has 0 aromatic heterocycles. The maximum Gasteiger partial charge on any atom is 0.247 e. The van der Waals surface area contributed by atoms with Gasteiger partial charge in [-0.2, -0.15) is 0 Å². The molecule has 1 saturated heterocycles. The molecule has 3 atom stereocenters. The van der Waals surface area contributed by atoms with Crippen molar-refractivity contribution in [2.24, 2.45) is 5.92 Å². The molecule has 6 heteroatoms. The minimum atomic E-state index is -0.708. The molecule has 0 radical (unpaired) electrons. The van der Waals surface area contributed by atoms with Crippen molar-refractivity contribution in [1.29, 1.82) is 0 Å². The molecule has 1 aliphatic heterocycles. The van der Waals surface area contributed by atoms with E-state index in [2.05, 4.69) is 16.0 Å². The third kappa shape index (κ3) is 4.29. The van der Waals surface area contributed by atoms with Crippen molar-refractivity contribution in [1.82, 2.24) is 16.0 Å². The monoisotopic (exact) mass is 305 g/mol. The highest BCUT2D eigenvalue weighted by molar-refractivity contribution is 5.88. The highest BCUT2D eigenvalue weighted by Gasteiger charge is 2.27. The lowest BCUT2D eigenvalue weighted by Crippen LogP contribution is -2.43. The van der Waals surface area contributed by atoms with Crippen molar-refractivity contribution >= 4 is 11.8 Å². The van der Waals surface area contributed by atoms with Gasteiger partial charge < -0.3 is 21.1 Å². The molecular formula is C16H23N3O3. The second kappa shape index (κ2) is 7.91. The zero-order valence-corrected chi connectivity index (χ0v) is 12.7. The first-order valence-electron chi connectivity index (χ1n) is 7.62. The summed E-state index contributed by atoms with van der Waals surface area (Å²) < 4.78 is 0. The Bertz CT molecular complexity index is 507. The van der Waals surface area contributed by atoms with E-state index < -0.39 is 12.1 Å². The summed E-state index contributed by atoms with van der Waals surface area (Å²) in [6.45, 7) is 3.36. The fraction of sp³-hybridized carbons (Fsp3) is 0.500. The van der Waals surface area contributed by atoms with Gasteiger partial charge in [0.05, 0.1) is 6.10 Å². The molecule has 0 aliphatic carbocycles. The minimum Gasteiger partial charge on any atom is -0.391 e. The second-order valence-corrected chi connectivity index (χ2v) is 5.50. The number of nitrogens with one attached hydrogen (secondary N) is 3. The van der Waals surface area contributed by atoms with E-state index in [9.17, 15) is 14.7 Å². The van der Waals surface area contributed by atoms with Gasteiger partial charge in [-0.3, -0.25) is 9.59 Å². The fourth-order valence-corrected chi connectivity index (χ4v) is 2.47. The van der Waals surface area contributed by atoms with Crippen LogP contribution in [0.15, 0.2) is 30.3 Å². The Kier molecular flexibility index (Phi) is 5.91. The molecule has 2 rings (SSSR count). The van der Waals surface area contributed by atoms with Crippen molar-refractivity contribution < 1.29 is 14.7 Å². The van der Waals surface area contributed by atoms with E-state index in [-0.39, 0.29) is 17.7 Å². The molecule has 1 aromatic rings. The molecule has 22 heavy (non-hydrogen) atoms. The van der Waals surface area contributed by atoms with Crippen molar-refractivity contribution in [2.75, 3.05) is 19.6 Å². The number of hydrogen-bond acceptors (Lipinski definition) is 4. The van der Waals surface area contributed by atoms with Crippen molar-refractivity contribution in [3.63, 3.8) is 0 Å². The fourth-order valence-electron chi connectivity index (χ4n) is 2.47. The van der Waals surface area contributed by atoms with Crippen LogP contribution in [0.3, 0.4) is 0 Å². The van der Waals surface area contributed by atoms with Crippen LogP contribution in [0.25, 0.3) is 0 Å². The Balaban J connectivity index is 2.00. The number of aliphatic hydroxyl groups is 1. The van der Waals surface area contributed by atoms with Gasteiger partial charge in [0.2, 0.25) is 11.8 Å². The molecule has 0 bridgehead atoms. The molecule has 1 aromatic carbocycles. The number of hydrogen-bond donors (Lipinski definition) is 4. The first kappa shape index (κ1) is 16.5. The first-order chi connectivity index (χ1) is 10.6. The highest BCUT2D eigenvalue weighted by Crippen LogP contribution is 2.14. The zero-order chi connectivity index (χ0) is 15.9. The lowest BCUT2D eigenvalue weighted by molar-refractivity contribution is -0.129. The number of carbonyl (C=O) groups is 2. The van der Waals surface area contributed by atoms with E-state index in [1.165, 1.54) is 0 Å². The van der Waals surface area contributed by atoms with Gasteiger partial charge in [0, 0.05) is 32.0 Å². The van der Waals surface area contributed by atoms with Crippen LogP contribution in [0.5, 0.6) is 0 Å². The normalized spacial score (nSPS) is 22.1. The molecule has 0 saturated carbocycles. The standard InChI is InChI=1S/C16H23N3O3/c1-2-14(21)19-15(11-6-4-3-5-7-11)16(22)18-9-12-8-17-10-13(12)20/h3-7,12-13,15,17,20H,2,8-10H2,1H3,(H,18,22)(H,19,21). The summed E-state index contributed by atoms with van der Waals surface area (Å²) in [7, 11) is 0. The summed E-state index contributed by atoms with van der Waals surface area (Å²) in [5, 5.41) is 18.4. The van der Waals surface area contributed by atoms with E-state index >= 15 is 0 Å². The topological polar surface area (TPSA) is 90.5 Å². The number of carbonyl (C=O) groups excluding carboxylic acids is 2. The number of benzene rings is 1. The average molecular weight is 305 g/mol. The number of rotatable bonds is 6. The van der Waals surface area contributed by atoms with Gasteiger partial charge in [-0.15, -0.1) is 0 Å². The third-order valence-electron chi connectivity index (χ3n) is 3.86.